The molecule has 3 rings (SSSR count). The van der Waals surface area contributed by atoms with E-state index in [0.29, 0.717) is 22.8 Å². The Morgan fingerprint density at radius 1 is 0.917 bits per heavy atom. The smallest absolute Gasteiger partial charge is 0.337 e. The lowest BCUT2D eigenvalue weighted by molar-refractivity contribution is 0.0698. The van der Waals surface area contributed by atoms with Gasteiger partial charge in [0, 0.05) is 0 Å². The maximum absolute atomic E-state index is 11.6. The van der Waals surface area contributed by atoms with E-state index in [0.717, 1.165) is 11.1 Å². The van der Waals surface area contributed by atoms with Crippen LogP contribution in [0.2, 0.25) is 5.02 Å². The van der Waals surface area contributed by atoms with Crippen LogP contribution < -0.4 is 5.32 Å². The number of hydrogen-bond acceptors (Lipinski definition) is 2. The summed E-state index contributed by atoms with van der Waals surface area (Å²) in [5, 5.41) is 13.3. The molecule has 24 heavy (non-hydrogen) atoms. The van der Waals surface area contributed by atoms with Crippen LogP contribution in [-0.4, -0.2) is 11.1 Å². The van der Waals surface area contributed by atoms with Crippen LogP contribution >= 0.6 is 11.6 Å². The van der Waals surface area contributed by atoms with Crippen molar-refractivity contribution >= 4 is 28.9 Å². The van der Waals surface area contributed by atoms with Crippen LogP contribution in [0.1, 0.15) is 21.5 Å². The first kappa shape index (κ1) is 16.1. The number of benzene rings is 3. The molecule has 0 bridgehead atoms. The number of hydrogen-bond donors (Lipinski definition) is 2. The topological polar surface area (TPSA) is 49.3 Å². The van der Waals surface area contributed by atoms with E-state index < -0.39 is 5.97 Å². The van der Waals surface area contributed by atoms with Crippen molar-refractivity contribution in [2.24, 2.45) is 0 Å². The van der Waals surface area contributed by atoms with Crippen molar-refractivity contribution in [1.29, 1.82) is 0 Å². The van der Waals surface area contributed by atoms with E-state index in [1.165, 1.54) is 0 Å². The van der Waals surface area contributed by atoms with Crippen LogP contribution in [-0.2, 0) is 6.42 Å². The van der Waals surface area contributed by atoms with E-state index >= 15 is 0 Å². The quantitative estimate of drug-likeness (QED) is 0.657. The van der Waals surface area contributed by atoms with Gasteiger partial charge in [0.05, 0.1) is 22.0 Å². The molecule has 0 fully saturated rings. The van der Waals surface area contributed by atoms with Gasteiger partial charge < -0.3 is 10.4 Å². The molecule has 0 saturated heterocycles. The number of nitrogens with one attached hydrogen (secondary N) is 1. The van der Waals surface area contributed by atoms with Crippen molar-refractivity contribution in [3.05, 3.63) is 94.5 Å². The highest BCUT2D eigenvalue weighted by Gasteiger charge is 2.15. The molecule has 0 heterocycles. The lowest BCUT2D eigenvalue weighted by Crippen LogP contribution is -2.06. The van der Waals surface area contributed by atoms with Crippen LogP contribution in [0.25, 0.3) is 0 Å². The molecule has 0 atom stereocenters. The average molecular weight is 338 g/mol. The number of rotatable bonds is 5. The summed E-state index contributed by atoms with van der Waals surface area (Å²) in [6, 6.07) is 22.5. The summed E-state index contributed by atoms with van der Waals surface area (Å²) in [6.07, 6.45) is 0.634. The molecule has 3 aromatic rings. The molecule has 4 heteroatoms. The number of carbonyl (C=O) groups is 1. The number of aromatic carboxylic acids is 1. The molecule has 2 N–H and O–H groups in total. The van der Waals surface area contributed by atoms with Crippen LogP contribution in [0.5, 0.6) is 0 Å². The molecule has 0 amide bonds. The first-order valence-electron chi connectivity index (χ1n) is 7.56. The van der Waals surface area contributed by atoms with E-state index in [1.54, 1.807) is 18.2 Å². The van der Waals surface area contributed by atoms with E-state index in [2.05, 4.69) is 5.32 Å². The van der Waals surface area contributed by atoms with E-state index in [-0.39, 0.29) is 5.56 Å². The van der Waals surface area contributed by atoms with Gasteiger partial charge in [-0.2, -0.15) is 0 Å². The molecule has 0 saturated carbocycles. The molecule has 3 aromatic carbocycles. The SMILES string of the molecule is O=C(O)c1cccc(Cc2ccccc2)c1Nc1ccccc1Cl. The zero-order valence-electron chi connectivity index (χ0n) is 12.9. The zero-order valence-corrected chi connectivity index (χ0v) is 13.6. The third-order valence-electron chi connectivity index (χ3n) is 3.75. The number of carboxylic acids is 1. The molecule has 0 aromatic heterocycles. The third kappa shape index (κ3) is 3.58. The van der Waals surface area contributed by atoms with Gasteiger partial charge in [0.25, 0.3) is 0 Å². The molecular weight excluding hydrogens is 322 g/mol. The summed E-state index contributed by atoms with van der Waals surface area (Å²) in [4.78, 5) is 11.6. The Bertz CT molecular complexity index is 863. The van der Waals surface area contributed by atoms with E-state index in [4.69, 9.17) is 11.6 Å². The molecule has 0 unspecified atom stereocenters. The lowest BCUT2D eigenvalue weighted by Gasteiger charge is -2.16. The molecule has 3 nitrogen and oxygen atoms in total. The van der Waals surface area contributed by atoms with Crippen molar-refractivity contribution in [2.75, 3.05) is 5.32 Å². The summed E-state index contributed by atoms with van der Waals surface area (Å²) < 4.78 is 0. The maximum Gasteiger partial charge on any atom is 0.337 e. The Kier molecular flexibility index (Phi) is 4.82. The molecule has 0 radical (unpaired) electrons. The fraction of sp³-hybridized carbons (Fsp3) is 0.0500. The second-order valence-electron chi connectivity index (χ2n) is 5.41. The number of carboxylic acid groups (broad SMARTS) is 1. The highest BCUT2D eigenvalue weighted by molar-refractivity contribution is 6.33. The largest absolute Gasteiger partial charge is 0.478 e. The van der Waals surface area contributed by atoms with Crippen LogP contribution in [0.4, 0.5) is 11.4 Å². The Labute approximate surface area is 145 Å². The zero-order chi connectivity index (χ0) is 16.9. The second-order valence-corrected chi connectivity index (χ2v) is 5.82. The normalized spacial score (nSPS) is 10.4. The van der Waals surface area contributed by atoms with Gasteiger partial charge in [0.15, 0.2) is 0 Å². The first-order chi connectivity index (χ1) is 11.6. The Balaban J connectivity index is 2.04. The first-order valence-corrected chi connectivity index (χ1v) is 7.93. The highest BCUT2D eigenvalue weighted by atomic mass is 35.5. The predicted octanol–water partition coefficient (Wildman–Crippen LogP) is 5.37. The second kappa shape index (κ2) is 7.20. The number of halogens is 1. The van der Waals surface area contributed by atoms with Gasteiger partial charge in [0.1, 0.15) is 0 Å². The van der Waals surface area contributed by atoms with Crippen LogP contribution in [0.3, 0.4) is 0 Å². The van der Waals surface area contributed by atoms with Gasteiger partial charge in [0.2, 0.25) is 0 Å². The predicted molar refractivity (Wildman–Crippen MR) is 97.4 cm³/mol. The summed E-state index contributed by atoms with van der Waals surface area (Å²) in [5.41, 5.74) is 3.50. The molecule has 0 spiro atoms. The van der Waals surface area contributed by atoms with E-state index in [9.17, 15) is 9.90 Å². The van der Waals surface area contributed by atoms with Crippen molar-refractivity contribution in [1.82, 2.24) is 0 Å². The van der Waals surface area contributed by atoms with Crippen molar-refractivity contribution in [3.63, 3.8) is 0 Å². The molecule has 0 aliphatic heterocycles. The Morgan fingerprint density at radius 2 is 1.62 bits per heavy atom. The van der Waals surface area contributed by atoms with Crippen molar-refractivity contribution in [2.45, 2.75) is 6.42 Å². The monoisotopic (exact) mass is 337 g/mol. The number of para-hydroxylation sites is 2. The summed E-state index contributed by atoms with van der Waals surface area (Å²) >= 11 is 6.21. The minimum Gasteiger partial charge on any atom is -0.478 e. The molecular formula is C20H16ClNO2. The lowest BCUT2D eigenvalue weighted by atomic mass is 9.99. The van der Waals surface area contributed by atoms with Gasteiger partial charge >= 0.3 is 5.97 Å². The number of anilines is 2. The fourth-order valence-electron chi connectivity index (χ4n) is 2.59. The fourth-order valence-corrected chi connectivity index (χ4v) is 2.77. The summed E-state index contributed by atoms with van der Waals surface area (Å²) in [5.74, 6) is -0.973. The summed E-state index contributed by atoms with van der Waals surface area (Å²) in [6.45, 7) is 0. The third-order valence-corrected chi connectivity index (χ3v) is 4.08. The van der Waals surface area contributed by atoms with Crippen LogP contribution in [0.15, 0.2) is 72.8 Å². The van der Waals surface area contributed by atoms with Gasteiger partial charge in [-0.15, -0.1) is 0 Å². The Morgan fingerprint density at radius 3 is 2.33 bits per heavy atom. The van der Waals surface area contributed by atoms with Crippen molar-refractivity contribution < 1.29 is 9.90 Å². The van der Waals surface area contributed by atoms with Crippen molar-refractivity contribution in [3.8, 4) is 0 Å². The molecule has 120 valence electrons. The minimum absolute atomic E-state index is 0.225. The minimum atomic E-state index is -0.973. The highest BCUT2D eigenvalue weighted by Crippen LogP contribution is 2.31. The van der Waals surface area contributed by atoms with Gasteiger partial charge in [-0.1, -0.05) is 66.2 Å². The average Bonchev–Trinajstić information content (AvgIpc) is 2.59. The van der Waals surface area contributed by atoms with Gasteiger partial charge in [-0.25, -0.2) is 4.79 Å². The van der Waals surface area contributed by atoms with Gasteiger partial charge in [-0.3, -0.25) is 0 Å². The maximum atomic E-state index is 11.6. The van der Waals surface area contributed by atoms with Gasteiger partial charge in [-0.05, 0) is 35.7 Å². The summed E-state index contributed by atoms with van der Waals surface area (Å²) in [7, 11) is 0. The molecule has 0 aliphatic carbocycles. The Hall–Kier alpha value is -2.78. The standard InChI is InChI=1S/C20H16ClNO2/c21-17-11-4-5-12-18(17)22-19-15(9-6-10-16(19)20(23)24)13-14-7-2-1-3-8-14/h1-12,22H,13H2,(H,23,24). The van der Waals surface area contributed by atoms with E-state index in [1.807, 2.05) is 54.6 Å². The van der Waals surface area contributed by atoms with Crippen LogP contribution in [0, 0.1) is 0 Å². The molecule has 0 aliphatic rings.